The number of methoxy groups -OCH3 is 1. The molecule has 0 spiro atoms. The summed E-state index contributed by atoms with van der Waals surface area (Å²) in [6.45, 7) is 6.70. The SMILES string of the molecule is C=C(C)c1c(NCC2(C(=O)OC)CC2)nc2cc(OCc3ccccc3)ccc2c1-c1ccc(F)c(F)c1. The summed E-state index contributed by atoms with van der Waals surface area (Å²) in [7, 11) is 1.38. The summed E-state index contributed by atoms with van der Waals surface area (Å²) in [5.74, 6) is -1.01. The Balaban J connectivity index is 1.61. The highest BCUT2D eigenvalue weighted by atomic mass is 19.2. The Morgan fingerprint density at radius 1 is 1.05 bits per heavy atom. The van der Waals surface area contributed by atoms with Crippen molar-refractivity contribution in [2.45, 2.75) is 26.4 Å². The number of anilines is 1. The predicted molar refractivity (Wildman–Crippen MR) is 145 cm³/mol. The van der Waals surface area contributed by atoms with Crippen molar-refractivity contribution in [3.63, 3.8) is 0 Å². The highest BCUT2D eigenvalue weighted by Gasteiger charge is 2.51. The van der Waals surface area contributed by atoms with Crippen LogP contribution in [-0.4, -0.2) is 24.6 Å². The van der Waals surface area contributed by atoms with Gasteiger partial charge in [-0.15, -0.1) is 0 Å². The number of esters is 1. The number of carbonyl (C=O) groups is 1. The number of hydrogen-bond donors (Lipinski definition) is 1. The fraction of sp³-hybridized carbons (Fsp3) is 0.226. The van der Waals surface area contributed by atoms with Crippen molar-refractivity contribution >= 4 is 28.3 Å². The van der Waals surface area contributed by atoms with Crippen molar-refractivity contribution < 1.29 is 23.0 Å². The molecule has 1 fully saturated rings. The quantitative estimate of drug-likeness (QED) is 0.240. The first kappa shape index (κ1) is 25.4. The number of rotatable bonds is 9. The summed E-state index contributed by atoms with van der Waals surface area (Å²) < 4.78 is 39.2. The van der Waals surface area contributed by atoms with Crippen LogP contribution >= 0.6 is 0 Å². The number of benzene rings is 3. The van der Waals surface area contributed by atoms with E-state index in [2.05, 4.69) is 11.9 Å². The van der Waals surface area contributed by atoms with Gasteiger partial charge in [0.1, 0.15) is 18.2 Å². The molecular formula is C31H28F2N2O3. The predicted octanol–water partition coefficient (Wildman–Crippen LogP) is 7.16. The number of carbonyl (C=O) groups excluding carboxylic acids is 1. The molecule has 1 heterocycles. The second-order valence-corrected chi connectivity index (χ2v) is 9.70. The van der Waals surface area contributed by atoms with E-state index in [1.54, 1.807) is 6.07 Å². The number of nitrogens with zero attached hydrogens (tertiary/aromatic N) is 1. The summed E-state index contributed by atoms with van der Waals surface area (Å²) in [4.78, 5) is 17.2. The zero-order chi connectivity index (χ0) is 26.9. The van der Waals surface area contributed by atoms with Gasteiger partial charge in [-0.05, 0) is 60.7 Å². The Kier molecular flexibility index (Phi) is 6.85. The molecule has 7 heteroatoms. The van der Waals surface area contributed by atoms with E-state index >= 15 is 0 Å². The van der Waals surface area contributed by atoms with Crippen LogP contribution < -0.4 is 10.1 Å². The van der Waals surface area contributed by atoms with Crippen LogP contribution in [0.2, 0.25) is 0 Å². The lowest BCUT2D eigenvalue weighted by molar-refractivity contribution is -0.146. The van der Waals surface area contributed by atoms with Gasteiger partial charge in [-0.3, -0.25) is 4.79 Å². The normalized spacial score (nSPS) is 13.7. The van der Waals surface area contributed by atoms with Crippen LogP contribution in [0.4, 0.5) is 14.6 Å². The molecule has 0 radical (unpaired) electrons. The lowest BCUT2D eigenvalue weighted by atomic mass is 9.92. The molecule has 194 valence electrons. The number of pyridine rings is 1. The first-order chi connectivity index (χ1) is 18.3. The van der Waals surface area contributed by atoms with Crippen LogP contribution in [-0.2, 0) is 16.1 Å². The summed E-state index contributed by atoms with van der Waals surface area (Å²) >= 11 is 0. The maximum atomic E-state index is 14.4. The van der Waals surface area contributed by atoms with E-state index < -0.39 is 17.0 Å². The molecule has 1 aromatic heterocycles. The van der Waals surface area contributed by atoms with Crippen molar-refractivity contribution in [1.29, 1.82) is 0 Å². The van der Waals surface area contributed by atoms with Crippen molar-refractivity contribution in [2.75, 3.05) is 19.0 Å². The van der Waals surface area contributed by atoms with E-state index in [1.165, 1.54) is 13.2 Å². The standard InChI is InChI=1S/C31H28F2N2O3/c1-19(2)27-28(21-9-12-24(32)25(33)15-21)23-11-10-22(38-17-20-7-5-4-6-8-20)16-26(23)35-29(27)34-18-31(13-14-31)30(36)37-3/h4-12,15-16H,1,13-14,17-18H2,2-3H3,(H,34,35). The van der Waals surface area contributed by atoms with Crippen LogP contribution in [0.25, 0.3) is 27.6 Å². The third-order valence-electron chi connectivity index (χ3n) is 6.91. The summed E-state index contributed by atoms with van der Waals surface area (Å²) in [6, 6.07) is 19.2. The number of nitrogens with one attached hydrogen (secondary N) is 1. The van der Waals surface area contributed by atoms with Gasteiger partial charge < -0.3 is 14.8 Å². The van der Waals surface area contributed by atoms with Crippen LogP contribution in [0.1, 0.15) is 30.9 Å². The summed E-state index contributed by atoms with van der Waals surface area (Å²) in [5.41, 5.74) is 3.55. The molecule has 5 rings (SSSR count). The second kappa shape index (κ2) is 10.2. The zero-order valence-electron chi connectivity index (χ0n) is 21.3. The number of aromatic nitrogens is 1. The van der Waals surface area contributed by atoms with Gasteiger partial charge in [-0.1, -0.05) is 43.0 Å². The van der Waals surface area contributed by atoms with E-state index in [0.717, 1.165) is 29.9 Å². The molecule has 1 aliphatic rings. The number of ether oxygens (including phenoxy) is 2. The molecular weight excluding hydrogens is 486 g/mol. The molecule has 1 saturated carbocycles. The van der Waals surface area contributed by atoms with Gasteiger partial charge in [0.25, 0.3) is 0 Å². The van der Waals surface area contributed by atoms with E-state index in [-0.39, 0.29) is 5.97 Å². The molecule has 5 nitrogen and oxygen atoms in total. The smallest absolute Gasteiger partial charge is 0.313 e. The number of hydrogen-bond acceptors (Lipinski definition) is 5. The average Bonchev–Trinajstić information content (AvgIpc) is 3.72. The van der Waals surface area contributed by atoms with Crippen molar-refractivity contribution in [3.05, 3.63) is 96.1 Å². The highest BCUT2D eigenvalue weighted by Crippen LogP contribution is 2.47. The monoisotopic (exact) mass is 514 g/mol. The summed E-state index contributed by atoms with van der Waals surface area (Å²) in [6.07, 6.45) is 1.44. The Morgan fingerprint density at radius 2 is 1.82 bits per heavy atom. The zero-order valence-corrected chi connectivity index (χ0v) is 21.3. The topological polar surface area (TPSA) is 60.5 Å². The van der Waals surface area contributed by atoms with Gasteiger partial charge in [-0.2, -0.15) is 0 Å². The molecule has 0 aliphatic heterocycles. The minimum Gasteiger partial charge on any atom is -0.489 e. The van der Waals surface area contributed by atoms with E-state index in [0.29, 0.717) is 52.5 Å². The lowest BCUT2D eigenvalue weighted by Gasteiger charge is -2.21. The van der Waals surface area contributed by atoms with Gasteiger partial charge in [0.15, 0.2) is 11.6 Å². The molecule has 0 saturated heterocycles. The molecule has 38 heavy (non-hydrogen) atoms. The fourth-order valence-electron chi connectivity index (χ4n) is 4.64. The minimum absolute atomic E-state index is 0.264. The van der Waals surface area contributed by atoms with Crippen LogP contribution in [0, 0.1) is 17.0 Å². The van der Waals surface area contributed by atoms with Crippen LogP contribution in [0.15, 0.2) is 73.3 Å². The molecule has 0 unspecified atom stereocenters. The largest absolute Gasteiger partial charge is 0.489 e. The van der Waals surface area contributed by atoms with Crippen molar-refractivity contribution in [2.24, 2.45) is 5.41 Å². The highest BCUT2D eigenvalue weighted by molar-refractivity contribution is 6.03. The molecule has 1 aliphatic carbocycles. The molecule has 3 aromatic carbocycles. The van der Waals surface area contributed by atoms with Gasteiger partial charge in [-0.25, -0.2) is 13.8 Å². The first-order valence-electron chi connectivity index (χ1n) is 12.4. The van der Waals surface area contributed by atoms with E-state index in [1.807, 2.05) is 55.5 Å². The second-order valence-electron chi connectivity index (χ2n) is 9.70. The number of allylic oxidation sites excluding steroid dienone is 1. The van der Waals surface area contributed by atoms with Crippen molar-refractivity contribution in [3.8, 4) is 16.9 Å². The lowest BCUT2D eigenvalue weighted by Crippen LogP contribution is -2.26. The molecule has 0 amide bonds. The molecule has 1 N–H and O–H groups in total. The van der Waals surface area contributed by atoms with Crippen molar-refractivity contribution in [1.82, 2.24) is 4.98 Å². The maximum Gasteiger partial charge on any atom is 0.313 e. The Bertz CT molecular complexity index is 1530. The summed E-state index contributed by atoms with van der Waals surface area (Å²) in [5, 5.41) is 4.07. The van der Waals surface area contributed by atoms with E-state index in [4.69, 9.17) is 14.5 Å². The minimum atomic E-state index is -0.944. The first-order valence-corrected chi connectivity index (χ1v) is 12.4. The Morgan fingerprint density at radius 3 is 2.47 bits per heavy atom. The molecule has 4 aromatic rings. The van der Waals surface area contributed by atoms with Gasteiger partial charge in [0, 0.05) is 29.1 Å². The maximum absolute atomic E-state index is 14.4. The third-order valence-corrected chi connectivity index (χ3v) is 6.91. The van der Waals surface area contributed by atoms with Crippen LogP contribution in [0.5, 0.6) is 5.75 Å². The van der Waals surface area contributed by atoms with E-state index in [9.17, 15) is 13.6 Å². The Hall–Kier alpha value is -4.26. The van der Waals surface area contributed by atoms with Gasteiger partial charge in [0.05, 0.1) is 18.0 Å². The number of halogens is 2. The van der Waals surface area contributed by atoms with Crippen LogP contribution in [0.3, 0.4) is 0 Å². The molecule has 0 atom stereocenters. The fourth-order valence-corrected chi connectivity index (χ4v) is 4.64. The number of fused-ring (bicyclic) bond motifs is 1. The third kappa shape index (κ3) is 4.96. The van der Waals surface area contributed by atoms with Gasteiger partial charge >= 0.3 is 5.97 Å². The average molecular weight is 515 g/mol. The van der Waals surface area contributed by atoms with Gasteiger partial charge in [0.2, 0.25) is 0 Å². The Labute approximate surface area is 220 Å². The molecule has 0 bridgehead atoms.